The van der Waals surface area contributed by atoms with E-state index in [1.165, 1.54) is 11.3 Å². The van der Waals surface area contributed by atoms with Crippen LogP contribution in [0.2, 0.25) is 9.36 Å². The third-order valence-corrected chi connectivity index (χ3v) is 6.96. The van der Waals surface area contributed by atoms with Crippen molar-refractivity contribution < 1.29 is 4.79 Å². The lowest BCUT2D eigenvalue weighted by Gasteiger charge is -2.14. The summed E-state index contributed by atoms with van der Waals surface area (Å²) < 4.78 is 2.27. The summed E-state index contributed by atoms with van der Waals surface area (Å²) in [6.45, 7) is 0.325. The van der Waals surface area contributed by atoms with Gasteiger partial charge in [-0.1, -0.05) is 53.5 Å². The summed E-state index contributed by atoms with van der Waals surface area (Å²) in [7, 11) is 0. The van der Waals surface area contributed by atoms with E-state index < -0.39 is 5.91 Å². The van der Waals surface area contributed by atoms with Gasteiger partial charge in [-0.05, 0) is 65.2 Å². The second-order valence-corrected chi connectivity index (χ2v) is 9.89. The van der Waals surface area contributed by atoms with Crippen LogP contribution in [0.25, 0.3) is 32.7 Å². The molecule has 5 rings (SSSR count). The van der Waals surface area contributed by atoms with E-state index in [0.717, 1.165) is 21.6 Å². The summed E-state index contributed by atoms with van der Waals surface area (Å²) >= 11 is 13.6. The van der Waals surface area contributed by atoms with Crippen molar-refractivity contribution in [2.24, 2.45) is 5.73 Å². The van der Waals surface area contributed by atoms with E-state index in [9.17, 15) is 9.59 Å². The molecule has 0 aliphatic rings. The van der Waals surface area contributed by atoms with Crippen LogP contribution >= 0.6 is 34.5 Å². The lowest BCUT2D eigenvalue weighted by atomic mass is 10.0. The number of rotatable bonds is 5. The number of thiophene rings is 1. The molecule has 34 heavy (non-hydrogen) atoms. The van der Waals surface area contributed by atoms with Crippen LogP contribution in [-0.2, 0) is 6.54 Å². The molecule has 0 bridgehead atoms. The van der Waals surface area contributed by atoms with E-state index in [-0.39, 0.29) is 5.56 Å². The Kier molecular flexibility index (Phi) is 5.96. The Morgan fingerprint density at radius 1 is 0.941 bits per heavy atom. The van der Waals surface area contributed by atoms with Crippen molar-refractivity contribution in [2.45, 2.75) is 6.54 Å². The van der Waals surface area contributed by atoms with Gasteiger partial charge in [0.15, 0.2) is 5.82 Å². The molecule has 0 spiro atoms. The number of nitrogens with zero attached hydrogens (tertiary/aromatic N) is 2. The predicted octanol–water partition coefficient (Wildman–Crippen LogP) is 6.25. The van der Waals surface area contributed by atoms with Gasteiger partial charge in [-0.15, -0.1) is 11.3 Å². The van der Waals surface area contributed by atoms with Crippen LogP contribution in [0.15, 0.2) is 83.7 Å². The average Bonchev–Trinajstić information content (AvgIpc) is 3.28. The minimum absolute atomic E-state index is 0.174. The molecule has 3 aromatic carbocycles. The molecule has 2 heterocycles. The van der Waals surface area contributed by atoms with E-state index in [2.05, 4.69) is 0 Å². The second kappa shape index (κ2) is 9.06. The van der Waals surface area contributed by atoms with Gasteiger partial charge >= 0.3 is 0 Å². The molecule has 0 saturated carbocycles. The zero-order valence-electron chi connectivity index (χ0n) is 17.7. The van der Waals surface area contributed by atoms with Gasteiger partial charge in [-0.3, -0.25) is 14.2 Å². The van der Waals surface area contributed by atoms with Gasteiger partial charge in [0, 0.05) is 10.6 Å². The smallest absolute Gasteiger partial charge is 0.262 e. The number of benzene rings is 3. The standard InChI is InChI=1S/C26H17Cl2N3O2S/c27-19-7-4-15(5-8-19)14-31-25(22-10-11-23(28)34-22)30-21-9-6-17(13-20(21)26(31)33)16-2-1-3-18(12-16)24(29)32/h1-13H,14H2,(H2,29,32). The SMILES string of the molecule is NC(=O)c1cccc(-c2ccc3nc(-c4ccc(Cl)s4)n(Cc4ccc(Cl)cc4)c(=O)c3c2)c1. The number of primary amides is 1. The topological polar surface area (TPSA) is 78.0 Å². The monoisotopic (exact) mass is 505 g/mol. The summed E-state index contributed by atoms with van der Waals surface area (Å²) in [6, 6.07) is 23.5. The molecule has 0 unspecified atom stereocenters. The summed E-state index contributed by atoms with van der Waals surface area (Å²) in [4.78, 5) is 31.0. The summed E-state index contributed by atoms with van der Waals surface area (Å²) in [6.07, 6.45) is 0. The lowest BCUT2D eigenvalue weighted by molar-refractivity contribution is 0.100. The van der Waals surface area contributed by atoms with Crippen LogP contribution in [-0.4, -0.2) is 15.5 Å². The molecule has 2 N–H and O–H groups in total. The molecule has 5 aromatic rings. The third kappa shape index (κ3) is 4.35. The van der Waals surface area contributed by atoms with Crippen LogP contribution in [0, 0.1) is 0 Å². The van der Waals surface area contributed by atoms with Crippen LogP contribution in [0.5, 0.6) is 0 Å². The molecule has 0 aliphatic carbocycles. The zero-order chi connectivity index (χ0) is 23.8. The number of hydrogen-bond acceptors (Lipinski definition) is 4. The molecule has 5 nitrogen and oxygen atoms in total. The molecule has 8 heteroatoms. The van der Waals surface area contributed by atoms with Crippen molar-refractivity contribution in [3.63, 3.8) is 0 Å². The average molecular weight is 506 g/mol. The molecule has 0 saturated heterocycles. The summed E-state index contributed by atoms with van der Waals surface area (Å²) in [5.41, 5.74) is 8.74. The second-order valence-electron chi connectivity index (χ2n) is 7.73. The molecule has 0 radical (unpaired) electrons. The Hall–Kier alpha value is -3.45. The van der Waals surface area contributed by atoms with Crippen LogP contribution < -0.4 is 11.3 Å². The van der Waals surface area contributed by atoms with E-state index in [4.69, 9.17) is 33.9 Å². The van der Waals surface area contributed by atoms with Gasteiger partial charge in [0.25, 0.3) is 5.56 Å². The number of halogens is 2. The van der Waals surface area contributed by atoms with E-state index >= 15 is 0 Å². The number of hydrogen-bond donors (Lipinski definition) is 1. The number of amides is 1. The minimum atomic E-state index is -0.506. The molecule has 2 aromatic heterocycles. The maximum Gasteiger partial charge on any atom is 0.262 e. The Morgan fingerprint density at radius 3 is 2.41 bits per heavy atom. The molecule has 1 amide bonds. The van der Waals surface area contributed by atoms with Gasteiger partial charge in [0.05, 0.1) is 26.7 Å². The fourth-order valence-electron chi connectivity index (χ4n) is 3.79. The number of aromatic nitrogens is 2. The van der Waals surface area contributed by atoms with E-state index in [1.54, 1.807) is 47.0 Å². The Balaban J connectivity index is 1.70. The van der Waals surface area contributed by atoms with Crippen LogP contribution in [0.4, 0.5) is 0 Å². The molecule has 0 atom stereocenters. The fourth-order valence-corrected chi connectivity index (χ4v) is 4.96. The Morgan fingerprint density at radius 2 is 1.71 bits per heavy atom. The first-order valence-electron chi connectivity index (χ1n) is 10.3. The number of nitrogens with two attached hydrogens (primary N) is 1. The number of carbonyl (C=O) groups excluding carboxylic acids is 1. The quantitative estimate of drug-likeness (QED) is 0.306. The highest BCUT2D eigenvalue weighted by molar-refractivity contribution is 7.19. The third-order valence-electron chi connectivity index (χ3n) is 5.48. The van der Waals surface area contributed by atoms with Crippen molar-refractivity contribution in [1.82, 2.24) is 9.55 Å². The molecule has 168 valence electrons. The van der Waals surface area contributed by atoms with Gasteiger partial charge in [0.1, 0.15) is 0 Å². The molecular weight excluding hydrogens is 489 g/mol. The first kappa shape index (κ1) is 22.3. The highest BCUT2D eigenvalue weighted by atomic mass is 35.5. The molecule has 0 aliphatic heterocycles. The summed E-state index contributed by atoms with van der Waals surface area (Å²) in [5.74, 6) is 0.0432. The highest BCUT2D eigenvalue weighted by Gasteiger charge is 2.16. The van der Waals surface area contributed by atoms with Crippen LogP contribution in [0.3, 0.4) is 0 Å². The maximum absolute atomic E-state index is 13.8. The van der Waals surface area contributed by atoms with Crippen molar-refractivity contribution >= 4 is 51.3 Å². The van der Waals surface area contributed by atoms with Crippen molar-refractivity contribution in [3.05, 3.63) is 110 Å². The van der Waals surface area contributed by atoms with E-state index in [0.29, 0.717) is 38.2 Å². The van der Waals surface area contributed by atoms with Gasteiger partial charge in [0.2, 0.25) is 5.91 Å². The first-order chi connectivity index (χ1) is 16.4. The maximum atomic E-state index is 13.8. The van der Waals surface area contributed by atoms with Crippen molar-refractivity contribution in [1.29, 1.82) is 0 Å². The minimum Gasteiger partial charge on any atom is -0.366 e. The van der Waals surface area contributed by atoms with Crippen LogP contribution in [0.1, 0.15) is 15.9 Å². The van der Waals surface area contributed by atoms with Gasteiger partial charge < -0.3 is 5.73 Å². The first-order valence-corrected chi connectivity index (χ1v) is 11.9. The predicted molar refractivity (Wildman–Crippen MR) is 139 cm³/mol. The van der Waals surface area contributed by atoms with E-state index in [1.807, 2.05) is 36.4 Å². The van der Waals surface area contributed by atoms with Gasteiger partial charge in [-0.2, -0.15) is 0 Å². The van der Waals surface area contributed by atoms with Gasteiger partial charge in [-0.25, -0.2) is 4.98 Å². The van der Waals surface area contributed by atoms with Crippen molar-refractivity contribution in [3.8, 4) is 21.8 Å². The molecular formula is C26H17Cl2N3O2S. The number of fused-ring (bicyclic) bond motifs is 1. The lowest BCUT2D eigenvalue weighted by Crippen LogP contribution is -2.24. The normalized spacial score (nSPS) is 11.1. The summed E-state index contributed by atoms with van der Waals surface area (Å²) in [5, 5.41) is 1.10. The Labute approximate surface area is 209 Å². The fraction of sp³-hybridized carbons (Fsp3) is 0.0385. The van der Waals surface area contributed by atoms with Crippen molar-refractivity contribution in [2.75, 3.05) is 0 Å². The highest BCUT2D eigenvalue weighted by Crippen LogP contribution is 2.31. The molecule has 0 fully saturated rings. The largest absolute Gasteiger partial charge is 0.366 e. The zero-order valence-corrected chi connectivity index (χ0v) is 20.0. The Bertz CT molecular complexity index is 1610. The number of carbonyl (C=O) groups is 1.